The Morgan fingerprint density at radius 1 is 1.19 bits per heavy atom. The third kappa shape index (κ3) is 9.05. The van der Waals surface area contributed by atoms with Crippen LogP contribution in [0.1, 0.15) is 32.3 Å². The fraction of sp³-hybridized carbons (Fsp3) is 0.708. The Morgan fingerprint density at radius 3 is 2.58 bits per heavy atom. The average molecular weight is 434 g/mol. The van der Waals surface area contributed by atoms with E-state index in [1.807, 2.05) is 19.2 Å². The van der Waals surface area contributed by atoms with Crippen molar-refractivity contribution in [1.29, 1.82) is 0 Å². The lowest BCUT2D eigenvalue weighted by molar-refractivity contribution is 0.00272. The van der Waals surface area contributed by atoms with E-state index in [-0.39, 0.29) is 0 Å². The van der Waals surface area contributed by atoms with Gasteiger partial charge in [-0.15, -0.1) is 0 Å². The predicted octanol–water partition coefficient (Wildman–Crippen LogP) is 2.43. The number of nitrogens with zero attached hydrogens (tertiary/aromatic N) is 3. The largest absolute Gasteiger partial charge is 0.492 e. The van der Waals surface area contributed by atoms with Crippen molar-refractivity contribution in [3.05, 3.63) is 29.8 Å². The quantitative estimate of drug-likeness (QED) is 0.390. The number of nitrogens with one attached hydrogen (secondary N) is 2. The molecule has 1 aliphatic heterocycles. The van der Waals surface area contributed by atoms with Gasteiger partial charge in [-0.25, -0.2) is 0 Å². The molecule has 1 unspecified atom stereocenters. The summed E-state index contributed by atoms with van der Waals surface area (Å²) in [5.74, 6) is 2.41. The molecule has 176 valence electrons. The zero-order chi connectivity index (χ0) is 22.5. The van der Waals surface area contributed by atoms with Crippen molar-refractivity contribution in [2.45, 2.75) is 39.3 Å². The highest BCUT2D eigenvalue weighted by atomic mass is 16.5. The third-order valence-electron chi connectivity index (χ3n) is 5.98. The van der Waals surface area contributed by atoms with Crippen molar-refractivity contribution in [1.82, 2.24) is 20.4 Å². The number of hydrogen-bond acceptors (Lipinski definition) is 5. The van der Waals surface area contributed by atoms with Crippen LogP contribution in [0.25, 0.3) is 0 Å². The van der Waals surface area contributed by atoms with Crippen LogP contribution >= 0.6 is 0 Å². The second kappa shape index (κ2) is 14.3. The van der Waals surface area contributed by atoms with Crippen molar-refractivity contribution in [2.24, 2.45) is 10.9 Å². The second-order valence-corrected chi connectivity index (χ2v) is 8.40. The van der Waals surface area contributed by atoms with E-state index >= 15 is 0 Å². The Balaban J connectivity index is 1.88. The smallest absolute Gasteiger partial charge is 0.191 e. The zero-order valence-corrected chi connectivity index (χ0v) is 20.2. The molecule has 7 heteroatoms. The molecule has 1 fully saturated rings. The van der Waals surface area contributed by atoms with Crippen molar-refractivity contribution in [2.75, 3.05) is 67.1 Å². The first-order chi connectivity index (χ1) is 15.1. The topological polar surface area (TPSA) is 61.4 Å². The summed E-state index contributed by atoms with van der Waals surface area (Å²) in [4.78, 5) is 9.13. The van der Waals surface area contributed by atoms with Crippen molar-refractivity contribution >= 4 is 5.96 Å². The summed E-state index contributed by atoms with van der Waals surface area (Å²) >= 11 is 0. The lowest BCUT2D eigenvalue weighted by Crippen LogP contribution is -2.53. The number of rotatable bonds is 12. The highest BCUT2D eigenvalue weighted by molar-refractivity contribution is 5.79. The van der Waals surface area contributed by atoms with Crippen LogP contribution in [0.2, 0.25) is 0 Å². The van der Waals surface area contributed by atoms with Gasteiger partial charge < -0.3 is 25.0 Å². The lowest BCUT2D eigenvalue weighted by atomic mass is 9.92. The van der Waals surface area contributed by atoms with E-state index in [0.717, 1.165) is 51.1 Å². The van der Waals surface area contributed by atoms with Crippen molar-refractivity contribution in [3.63, 3.8) is 0 Å². The Kier molecular flexibility index (Phi) is 11.7. The molecular formula is C24H43N5O2. The molecule has 31 heavy (non-hydrogen) atoms. The summed E-state index contributed by atoms with van der Waals surface area (Å²) in [6.07, 6.45) is 2.37. The van der Waals surface area contributed by atoms with Crippen LogP contribution in [-0.4, -0.2) is 88.9 Å². The highest BCUT2D eigenvalue weighted by Crippen LogP contribution is 2.19. The molecule has 0 aliphatic carbocycles. The summed E-state index contributed by atoms with van der Waals surface area (Å²) in [6.45, 7) is 11.5. The molecule has 1 heterocycles. The van der Waals surface area contributed by atoms with Crippen LogP contribution in [0.5, 0.6) is 5.75 Å². The summed E-state index contributed by atoms with van der Waals surface area (Å²) in [6, 6.07) is 8.75. The maximum absolute atomic E-state index is 5.86. The number of morpholine rings is 1. The number of ether oxygens (including phenoxy) is 2. The van der Waals surface area contributed by atoms with E-state index in [1.165, 1.54) is 18.4 Å². The van der Waals surface area contributed by atoms with Crippen LogP contribution in [0.4, 0.5) is 0 Å². The van der Waals surface area contributed by atoms with E-state index in [2.05, 4.69) is 65.5 Å². The van der Waals surface area contributed by atoms with E-state index in [4.69, 9.17) is 9.47 Å². The molecular weight excluding hydrogens is 390 g/mol. The van der Waals surface area contributed by atoms with Gasteiger partial charge in [-0.1, -0.05) is 38.8 Å². The second-order valence-electron chi connectivity index (χ2n) is 8.40. The summed E-state index contributed by atoms with van der Waals surface area (Å²) in [5.41, 5.74) is 1.18. The van der Waals surface area contributed by atoms with Crippen LogP contribution in [0, 0.1) is 5.92 Å². The van der Waals surface area contributed by atoms with Gasteiger partial charge in [-0.2, -0.15) is 0 Å². The maximum Gasteiger partial charge on any atom is 0.191 e. The fourth-order valence-corrected chi connectivity index (χ4v) is 4.03. The van der Waals surface area contributed by atoms with E-state index in [0.29, 0.717) is 25.1 Å². The standard InChI is InChI=1S/C24H43N5O2/c1-6-21(7-2)23(29-12-14-30-15-13-29)19-27-24(25-3)26-18-20-9-8-10-22(17-20)31-16-11-28(4)5/h8-10,17,21,23H,6-7,11-16,18-19H2,1-5H3,(H2,25,26,27). The fourth-order valence-electron chi connectivity index (χ4n) is 4.03. The van der Waals surface area contributed by atoms with E-state index in [9.17, 15) is 0 Å². The Labute approximate surface area is 189 Å². The van der Waals surface area contributed by atoms with Gasteiger partial charge >= 0.3 is 0 Å². The van der Waals surface area contributed by atoms with Gasteiger partial charge in [0, 0.05) is 45.8 Å². The first kappa shape index (κ1) is 25.4. The molecule has 0 radical (unpaired) electrons. The minimum absolute atomic E-state index is 0.492. The minimum atomic E-state index is 0.492. The molecule has 0 aromatic heterocycles. The first-order valence-corrected chi connectivity index (χ1v) is 11.7. The van der Waals surface area contributed by atoms with Gasteiger partial charge in [-0.3, -0.25) is 9.89 Å². The first-order valence-electron chi connectivity index (χ1n) is 11.7. The molecule has 2 N–H and O–H groups in total. The predicted molar refractivity (Wildman–Crippen MR) is 129 cm³/mol. The molecule has 0 amide bonds. The van der Waals surface area contributed by atoms with Crippen LogP contribution in [0.15, 0.2) is 29.3 Å². The third-order valence-corrected chi connectivity index (χ3v) is 5.98. The number of hydrogen-bond donors (Lipinski definition) is 2. The summed E-state index contributed by atoms with van der Waals surface area (Å²) < 4.78 is 11.4. The SMILES string of the molecule is CCC(CC)C(CNC(=NC)NCc1cccc(OCCN(C)C)c1)N1CCOCC1. The molecule has 1 aromatic rings. The van der Waals surface area contributed by atoms with Gasteiger partial charge in [0.05, 0.1) is 13.2 Å². The van der Waals surface area contributed by atoms with Crippen LogP contribution < -0.4 is 15.4 Å². The highest BCUT2D eigenvalue weighted by Gasteiger charge is 2.27. The Hall–Kier alpha value is -1.83. The monoisotopic (exact) mass is 433 g/mol. The molecule has 1 atom stereocenters. The Bertz CT molecular complexity index is 643. The van der Waals surface area contributed by atoms with Gasteiger partial charge in [0.15, 0.2) is 5.96 Å². The number of likely N-dealkylation sites (N-methyl/N-ethyl adjacent to an activating group) is 1. The van der Waals surface area contributed by atoms with E-state index in [1.54, 1.807) is 0 Å². The normalized spacial score (nSPS) is 16.5. The summed E-state index contributed by atoms with van der Waals surface area (Å²) in [7, 11) is 5.93. The number of guanidine groups is 1. The molecule has 1 aromatic carbocycles. The minimum Gasteiger partial charge on any atom is -0.492 e. The average Bonchev–Trinajstić information content (AvgIpc) is 2.79. The molecule has 2 rings (SSSR count). The van der Waals surface area contributed by atoms with E-state index < -0.39 is 0 Å². The van der Waals surface area contributed by atoms with Gasteiger partial charge in [0.2, 0.25) is 0 Å². The van der Waals surface area contributed by atoms with Gasteiger partial charge in [0.1, 0.15) is 12.4 Å². The van der Waals surface area contributed by atoms with Crippen LogP contribution in [0.3, 0.4) is 0 Å². The van der Waals surface area contributed by atoms with Crippen molar-refractivity contribution in [3.8, 4) is 5.75 Å². The summed E-state index contributed by atoms with van der Waals surface area (Å²) in [5, 5.41) is 7.02. The lowest BCUT2D eigenvalue weighted by Gasteiger charge is -2.39. The molecule has 0 saturated carbocycles. The van der Waals surface area contributed by atoms with Crippen LogP contribution in [-0.2, 0) is 11.3 Å². The number of benzene rings is 1. The van der Waals surface area contributed by atoms with Gasteiger partial charge in [0.25, 0.3) is 0 Å². The molecule has 0 spiro atoms. The van der Waals surface area contributed by atoms with Gasteiger partial charge in [-0.05, 0) is 37.7 Å². The zero-order valence-electron chi connectivity index (χ0n) is 20.2. The maximum atomic E-state index is 5.86. The van der Waals surface area contributed by atoms with Crippen molar-refractivity contribution < 1.29 is 9.47 Å². The molecule has 1 saturated heterocycles. The molecule has 7 nitrogen and oxygen atoms in total. The number of aliphatic imine (C=N–C) groups is 1. The molecule has 0 bridgehead atoms. The molecule has 1 aliphatic rings. The Morgan fingerprint density at radius 2 is 1.94 bits per heavy atom.